The van der Waals surface area contributed by atoms with Gasteiger partial charge >= 0.3 is 0 Å². The average molecular weight is 319 g/mol. The molecule has 0 saturated heterocycles. The van der Waals surface area contributed by atoms with Gasteiger partial charge in [-0.3, -0.25) is 5.10 Å². The molecule has 7 nitrogen and oxygen atoms in total. The number of halogens is 1. The van der Waals surface area contributed by atoms with E-state index in [1.807, 2.05) is 23.0 Å². The fourth-order valence-corrected chi connectivity index (χ4v) is 3.53. The van der Waals surface area contributed by atoms with Gasteiger partial charge in [-0.2, -0.15) is 10.1 Å². The SMILES string of the molecule is Nc1nc(Cl)nc2c1ccn2[C@@H]1C[C@H](c2cn[nH]c2)[C@@H](O)C1. The first-order chi connectivity index (χ1) is 10.6. The van der Waals surface area contributed by atoms with Crippen molar-refractivity contribution in [3.05, 3.63) is 35.5 Å². The highest BCUT2D eigenvalue weighted by Gasteiger charge is 2.36. The summed E-state index contributed by atoms with van der Waals surface area (Å²) in [6.45, 7) is 0. The first kappa shape index (κ1) is 13.5. The maximum Gasteiger partial charge on any atom is 0.226 e. The summed E-state index contributed by atoms with van der Waals surface area (Å²) < 4.78 is 2.03. The van der Waals surface area contributed by atoms with Crippen LogP contribution < -0.4 is 5.73 Å². The standard InChI is InChI=1S/C14H15ClN6O/c15-14-19-12(16)9-1-2-21(13(9)20-14)8-3-10(11(22)4-8)7-5-17-18-6-7/h1-2,5-6,8,10-11,22H,3-4H2,(H,17,18)(H2,16,19,20)/t8-,10-,11+/m1/s1. The zero-order chi connectivity index (χ0) is 15.3. The molecule has 1 fully saturated rings. The highest BCUT2D eigenvalue weighted by Crippen LogP contribution is 2.42. The molecule has 1 saturated carbocycles. The van der Waals surface area contributed by atoms with Crippen molar-refractivity contribution in [3.63, 3.8) is 0 Å². The van der Waals surface area contributed by atoms with Crippen LogP contribution in [0, 0.1) is 0 Å². The lowest BCUT2D eigenvalue weighted by atomic mass is 9.99. The van der Waals surface area contributed by atoms with Crippen molar-refractivity contribution in [2.24, 2.45) is 0 Å². The topological polar surface area (TPSA) is 106 Å². The molecule has 3 aromatic heterocycles. The Morgan fingerprint density at radius 2 is 2.23 bits per heavy atom. The van der Waals surface area contributed by atoms with Crippen LogP contribution in [0.15, 0.2) is 24.7 Å². The molecule has 4 rings (SSSR count). The van der Waals surface area contributed by atoms with E-state index in [0.717, 1.165) is 17.4 Å². The summed E-state index contributed by atoms with van der Waals surface area (Å²) in [7, 11) is 0. The highest BCUT2D eigenvalue weighted by atomic mass is 35.5. The fourth-order valence-electron chi connectivity index (χ4n) is 3.36. The Morgan fingerprint density at radius 3 is 3.00 bits per heavy atom. The number of aliphatic hydroxyl groups is 1. The number of hydrogen-bond acceptors (Lipinski definition) is 5. The van der Waals surface area contributed by atoms with Crippen molar-refractivity contribution < 1.29 is 5.11 Å². The molecule has 3 atom stereocenters. The van der Waals surface area contributed by atoms with E-state index in [-0.39, 0.29) is 17.2 Å². The van der Waals surface area contributed by atoms with Gasteiger partial charge in [-0.1, -0.05) is 0 Å². The number of H-pyrrole nitrogens is 1. The third kappa shape index (κ3) is 2.05. The van der Waals surface area contributed by atoms with Gasteiger partial charge in [-0.25, -0.2) is 4.98 Å². The molecule has 1 aliphatic rings. The van der Waals surface area contributed by atoms with Gasteiger partial charge in [0.1, 0.15) is 11.5 Å². The van der Waals surface area contributed by atoms with Crippen LogP contribution in [0.3, 0.4) is 0 Å². The minimum atomic E-state index is -0.408. The van der Waals surface area contributed by atoms with Crippen molar-refractivity contribution in [1.82, 2.24) is 24.7 Å². The van der Waals surface area contributed by atoms with Crippen molar-refractivity contribution in [1.29, 1.82) is 0 Å². The zero-order valence-electron chi connectivity index (χ0n) is 11.6. The molecule has 0 bridgehead atoms. The number of nitrogens with one attached hydrogen (secondary N) is 1. The maximum atomic E-state index is 10.4. The molecule has 114 valence electrons. The summed E-state index contributed by atoms with van der Waals surface area (Å²) in [5.41, 5.74) is 7.63. The third-order valence-electron chi connectivity index (χ3n) is 4.42. The van der Waals surface area contributed by atoms with E-state index in [1.165, 1.54) is 0 Å². The quantitative estimate of drug-likeness (QED) is 0.625. The molecule has 0 unspecified atom stereocenters. The number of nitrogens with zero attached hydrogens (tertiary/aromatic N) is 4. The second-order valence-electron chi connectivity index (χ2n) is 5.67. The molecule has 22 heavy (non-hydrogen) atoms. The van der Waals surface area contributed by atoms with Gasteiger partial charge in [0, 0.05) is 24.4 Å². The molecule has 0 radical (unpaired) electrons. The van der Waals surface area contributed by atoms with Gasteiger partial charge in [0.05, 0.1) is 17.7 Å². The van der Waals surface area contributed by atoms with E-state index in [1.54, 1.807) is 6.20 Å². The molecule has 0 aromatic carbocycles. The Bertz CT molecular complexity index is 814. The summed E-state index contributed by atoms with van der Waals surface area (Å²) in [6.07, 6.45) is 6.59. The van der Waals surface area contributed by atoms with E-state index in [9.17, 15) is 5.11 Å². The lowest BCUT2D eigenvalue weighted by Crippen LogP contribution is -2.10. The number of nitrogen functional groups attached to an aromatic ring is 1. The van der Waals surface area contributed by atoms with Gasteiger partial charge in [-0.05, 0) is 36.1 Å². The Balaban J connectivity index is 1.71. The minimum Gasteiger partial charge on any atom is -0.392 e. The highest BCUT2D eigenvalue weighted by molar-refractivity contribution is 6.28. The van der Waals surface area contributed by atoms with Crippen LogP contribution in [0.1, 0.15) is 30.4 Å². The third-order valence-corrected chi connectivity index (χ3v) is 4.59. The van der Waals surface area contributed by atoms with E-state index >= 15 is 0 Å². The average Bonchev–Trinajstić information content (AvgIpc) is 3.16. The fraction of sp³-hybridized carbons (Fsp3) is 0.357. The van der Waals surface area contributed by atoms with E-state index in [2.05, 4.69) is 20.2 Å². The van der Waals surface area contributed by atoms with E-state index in [0.29, 0.717) is 17.9 Å². The number of rotatable bonds is 2. The number of aromatic amines is 1. The van der Waals surface area contributed by atoms with Crippen LogP contribution in [0.2, 0.25) is 5.28 Å². The molecule has 0 amide bonds. The number of hydrogen-bond donors (Lipinski definition) is 3. The molecular formula is C14H15ClN6O. The molecule has 0 aliphatic heterocycles. The van der Waals surface area contributed by atoms with Crippen LogP contribution in [0.4, 0.5) is 5.82 Å². The minimum absolute atomic E-state index is 0.0656. The monoisotopic (exact) mass is 318 g/mol. The predicted octanol–water partition coefficient (Wildman–Crippen LogP) is 1.87. The first-order valence-electron chi connectivity index (χ1n) is 7.10. The Labute approximate surface area is 131 Å². The smallest absolute Gasteiger partial charge is 0.226 e. The largest absolute Gasteiger partial charge is 0.392 e. The van der Waals surface area contributed by atoms with Crippen LogP contribution in [-0.4, -0.2) is 35.9 Å². The number of aromatic nitrogens is 5. The van der Waals surface area contributed by atoms with Crippen molar-refractivity contribution >= 4 is 28.5 Å². The second-order valence-corrected chi connectivity index (χ2v) is 6.01. The molecular weight excluding hydrogens is 304 g/mol. The van der Waals surface area contributed by atoms with E-state index < -0.39 is 6.10 Å². The van der Waals surface area contributed by atoms with Crippen molar-refractivity contribution in [2.75, 3.05) is 5.73 Å². The van der Waals surface area contributed by atoms with E-state index in [4.69, 9.17) is 17.3 Å². The first-order valence-corrected chi connectivity index (χ1v) is 7.47. The van der Waals surface area contributed by atoms with Gasteiger partial charge in [0.15, 0.2) is 0 Å². The normalized spacial score (nSPS) is 25.1. The summed E-state index contributed by atoms with van der Waals surface area (Å²) >= 11 is 5.92. The van der Waals surface area contributed by atoms with Crippen molar-refractivity contribution in [2.45, 2.75) is 30.9 Å². The van der Waals surface area contributed by atoms with Crippen LogP contribution in [0.5, 0.6) is 0 Å². The molecule has 8 heteroatoms. The summed E-state index contributed by atoms with van der Waals surface area (Å²) in [5, 5.41) is 18.1. The number of aliphatic hydroxyl groups excluding tert-OH is 1. The second kappa shape index (κ2) is 4.96. The van der Waals surface area contributed by atoms with Crippen LogP contribution >= 0.6 is 11.6 Å². The van der Waals surface area contributed by atoms with Gasteiger partial charge in [0.2, 0.25) is 5.28 Å². The molecule has 0 spiro atoms. The maximum absolute atomic E-state index is 10.4. The van der Waals surface area contributed by atoms with Crippen molar-refractivity contribution in [3.8, 4) is 0 Å². The van der Waals surface area contributed by atoms with Crippen LogP contribution in [-0.2, 0) is 0 Å². The number of anilines is 1. The van der Waals surface area contributed by atoms with Gasteiger partial charge < -0.3 is 15.4 Å². The zero-order valence-corrected chi connectivity index (χ0v) is 12.4. The molecule has 1 aliphatic carbocycles. The predicted molar refractivity (Wildman–Crippen MR) is 82.6 cm³/mol. The van der Waals surface area contributed by atoms with Gasteiger partial charge in [0.25, 0.3) is 0 Å². The lowest BCUT2D eigenvalue weighted by Gasteiger charge is -2.13. The molecule has 3 heterocycles. The molecule has 3 aromatic rings. The Kier molecular flexibility index (Phi) is 3.05. The van der Waals surface area contributed by atoms with Gasteiger partial charge in [-0.15, -0.1) is 0 Å². The summed E-state index contributed by atoms with van der Waals surface area (Å²) in [6, 6.07) is 2.02. The summed E-state index contributed by atoms with van der Waals surface area (Å²) in [4.78, 5) is 8.26. The number of nitrogens with two attached hydrogens (primary N) is 1. The van der Waals surface area contributed by atoms with Crippen LogP contribution in [0.25, 0.3) is 11.0 Å². The lowest BCUT2D eigenvalue weighted by molar-refractivity contribution is 0.160. The molecule has 4 N–H and O–H groups in total. The summed E-state index contributed by atoms with van der Waals surface area (Å²) in [5.74, 6) is 0.439. The Hall–Kier alpha value is -2.12. The Morgan fingerprint density at radius 1 is 1.36 bits per heavy atom. The number of fused-ring (bicyclic) bond motifs is 1.